The van der Waals surface area contributed by atoms with Crippen molar-refractivity contribution in [1.82, 2.24) is 16.0 Å². The van der Waals surface area contributed by atoms with Crippen molar-refractivity contribution >= 4 is 23.7 Å². The van der Waals surface area contributed by atoms with Gasteiger partial charge in [0.15, 0.2) is 0 Å². The lowest BCUT2D eigenvalue weighted by Gasteiger charge is -2.17. The molecular weight excluding hydrogens is 238 g/mol. The molecule has 0 radical (unpaired) electrons. The molecular formula is C11H21N3O2S. The van der Waals surface area contributed by atoms with Crippen LogP contribution in [0.25, 0.3) is 0 Å². The Kier molecular flexibility index (Phi) is 5.61. The zero-order valence-electron chi connectivity index (χ0n) is 10.6. The molecule has 0 spiro atoms. The second kappa shape index (κ2) is 6.74. The minimum Gasteiger partial charge on any atom is -0.359 e. The van der Waals surface area contributed by atoms with Gasteiger partial charge in [-0.15, -0.1) is 0 Å². The maximum Gasteiger partial charge on any atom is 0.315 e. The Labute approximate surface area is 106 Å². The van der Waals surface area contributed by atoms with Crippen molar-refractivity contribution in [2.75, 3.05) is 19.3 Å². The van der Waals surface area contributed by atoms with Crippen molar-refractivity contribution < 1.29 is 9.59 Å². The number of thioether (sulfide) groups is 1. The predicted octanol–water partition coefficient (Wildman–Crippen LogP) is 0.562. The summed E-state index contributed by atoms with van der Waals surface area (Å²) in [5, 5.41) is 8.65. The van der Waals surface area contributed by atoms with E-state index in [1.54, 1.807) is 18.8 Å². The number of carbonyl (C=O) groups is 2. The van der Waals surface area contributed by atoms with Crippen LogP contribution in [0.5, 0.6) is 0 Å². The Morgan fingerprint density at radius 3 is 2.82 bits per heavy atom. The summed E-state index contributed by atoms with van der Waals surface area (Å²) in [5.41, 5.74) is 0. The van der Waals surface area contributed by atoms with E-state index in [0.29, 0.717) is 11.8 Å². The van der Waals surface area contributed by atoms with Crippen molar-refractivity contribution in [2.45, 2.75) is 31.6 Å². The standard InChI is InChI=1S/C11H21N3O2S/c1-7(10(15)12-3)4-8(2)17-6-9-5-13-11(16)14-9/h7-9H,4-6H2,1-3H3,(H,12,15)(H2,13,14,16)/t7?,8?,9-/m1/s1. The number of carbonyl (C=O) groups excluding carboxylic acids is 2. The van der Waals surface area contributed by atoms with E-state index in [1.807, 2.05) is 6.92 Å². The monoisotopic (exact) mass is 259 g/mol. The van der Waals surface area contributed by atoms with E-state index in [1.165, 1.54) is 0 Å². The van der Waals surface area contributed by atoms with Gasteiger partial charge in [0.1, 0.15) is 0 Å². The average molecular weight is 259 g/mol. The molecule has 98 valence electrons. The molecule has 0 aliphatic carbocycles. The fourth-order valence-electron chi connectivity index (χ4n) is 1.80. The minimum atomic E-state index is -0.0815. The Bertz CT molecular complexity index is 286. The van der Waals surface area contributed by atoms with Gasteiger partial charge in [-0.25, -0.2) is 4.79 Å². The lowest BCUT2D eigenvalue weighted by Crippen LogP contribution is -2.30. The van der Waals surface area contributed by atoms with Gasteiger partial charge in [0.05, 0.1) is 6.04 Å². The molecule has 0 bridgehead atoms. The summed E-state index contributed by atoms with van der Waals surface area (Å²) in [5.74, 6) is 1.02. The first-order valence-corrected chi connectivity index (χ1v) is 6.95. The minimum absolute atomic E-state index is 0.0406. The number of rotatable bonds is 6. The van der Waals surface area contributed by atoms with E-state index < -0.39 is 0 Å². The third-order valence-corrected chi connectivity index (χ3v) is 4.16. The van der Waals surface area contributed by atoms with Crippen molar-refractivity contribution in [3.63, 3.8) is 0 Å². The second-order valence-corrected chi connectivity index (χ2v) is 5.92. The Morgan fingerprint density at radius 2 is 2.29 bits per heavy atom. The van der Waals surface area contributed by atoms with Crippen molar-refractivity contribution in [1.29, 1.82) is 0 Å². The highest BCUT2D eigenvalue weighted by Crippen LogP contribution is 2.20. The lowest BCUT2D eigenvalue weighted by atomic mass is 10.1. The molecule has 1 saturated heterocycles. The molecule has 1 rings (SSSR count). The normalized spacial score (nSPS) is 22.5. The van der Waals surface area contributed by atoms with Crippen LogP contribution in [0.15, 0.2) is 0 Å². The van der Waals surface area contributed by atoms with Gasteiger partial charge in [0.25, 0.3) is 0 Å². The largest absolute Gasteiger partial charge is 0.359 e. The second-order valence-electron chi connectivity index (χ2n) is 4.45. The Morgan fingerprint density at radius 1 is 1.59 bits per heavy atom. The van der Waals surface area contributed by atoms with E-state index in [9.17, 15) is 9.59 Å². The molecule has 1 aliphatic heterocycles. The smallest absolute Gasteiger partial charge is 0.315 e. The first kappa shape index (κ1) is 14.2. The van der Waals surface area contributed by atoms with Gasteiger partial charge >= 0.3 is 6.03 Å². The van der Waals surface area contributed by atoms with Gasteiger partial charge < -0.3 is 16.0 Å². The van der Waals surface area contributed by atoms with Crippen LogP contribution in [0.2, 0.25) is 0 Å². The highest BCUT2D eigenvalue weighted by Gasteiger charge is 2.21. The van der Waals surface area contributed by atoms with Crippen LogP contribution in [0.4, 0.5) is 4.79 Å². The summed E-state index contributed by atoms with van der Waals surface area (Å²) in [6.07, 6.45) is 0.860. The SMILES string of the molecule is CNC(=O)C(C)CC(C)SC[C@H]1CNC(=O)N1. The van der Waals surface area contributed by atoms with Crippen molar-refractivity contribution in [2.24, 2.45) is 5.92 Å². The number of urea groups is 1. The molecule has 5 nitrogen and oxygen atoms in total. The van der Waals surface area contributed by atoms with Gasteiger partial charge in [0, 0.05) is 30.5 Å². The van der Waals surface area contributed by atoms with Gasteiger partial charge in [0.2, 0.25) is 5.91 Å². The topological polar surface area (TPSA) is 70.2 Å². The van der Waals surface area contributed by atoms with Crippen LogP contribution >= 0.6 is 11.8 Å². The van der Waals surface area contributed by atoms with E-state index in [-0.39, 0.29) is 23.9 Å². The highest BCUT2D eigenvalue weighted by molar-refractivity contribution is 7.99. The molecule has 1 fully saturated rings. The molecule has 0 aromatic rings. The molecule has 2 unspecified atom stereocenters. The fraction of sp³-hybridized carbons (Fsp3) is 0.818. The maximum absolute atomic E-state index is 11.4. The summed E-state index contributed by atoms with van der Waals surface area (Å²) < 4.78 is 0. The lowest BCUT2D eigenvalue weighted by molar-refractivity contribution is -0.124. The number of hydrogen-bond donors (Lipinski definition) is 3. The molecule has 3 amide bonds. The number of hydrogen-bond acceptors (Lipinski definition) is 3. The molecule has 6 heteroatoms. The molecule has 1 heterocycles. The Hall–Kier alpha value is -0.910. The third kappa shape index (κ3) is 4.85. The van der Waals surface area contributed by atoms with Crippen LogP contribution in [0, 0.1) is 5.92 Å². The first-order valence-electron chi connectivity index (χ1n) is 5.90. The third-order valence-electron chi connectivity index (χ3n) is 2.81. The maximum atomic E-state index is 11.4. The molecule has 3 N–H and O–H groups in total. The average Bonchev–Trinajstić information content (AvgIpc) is 2.71. The van der Waals surface area contributed by atoms with Crippen LogP contribution in [0.1, 0.15) is 20.3 Å². The van der Waals surface area contributed by atoms with Crippen LogP contribution in [0.3, 0.4) is 0 Å². The van der Waals surface area contributed by atoms with E-state index in [4.69, 9.17) is 0 Å². The zero-order chi connectivity index (χ0) is 12.8. The molecule has 17 heavy (non-hydrogen) atoms. The summed E-state index contributed by atoms with van der Waals surface area (Å²) >= 11 is 1.80. The van der Waals surface area contributed by atoms with Crippen LogP contribution in [-0.4, -0.2) is 42.6 Å². The van der Waals surface area contributed by atoms with Gasteiger partial charge in [-0.1, -0.05) is 13.8 Å². The van der Waals surface area contributed by atoms with Gasteiger partial charge in [-0.2, -0.15) is 11.8 Å². The summed E-state index contributed by atoms with van der Waals surface area (Å²) in [4.78, 5) is 22.3. The predicted molar refractivity (Wildman–Crippen MR) is 70.1 cm³/mol. The van der Waals surface area contributed by atoms with Crippen molar-refractivity contribution in [3.8, 4) is 0 Å². The van der Waals surface area contributed by atoms with Crippen LogP contribution < -0.4 is 16.0 Å². The van der Waals surface area contributed by atoms with E-state index >= 15 is 0 Å². The van der Waals surface area contributed by atoms with Gasteiger partial charge in [-0.3, -0.25) is 4.79 Å². The summed E-state index contributed by atoms with van der Waals surface area (Å²) in [6, 6.07) is 0.132. The summed E-state index contributed by atoms with van der Waals surface area (Å²) in [6.45, 7) is 4.76. The van der Waals surface area contributed by atoms with Crippen molar-refractivity contribution in [3.05, 3.63) is 0 Å². The first-order chi connectivity index (χ1) is 8.02. The molecule has 1 aliphatic rings. The van der Waals surface area contributed by atoms with Crippen LogP contribution in [-0.2, 0) is 4.79 Å². The van der Waals surface area contributed by atoms with Gasteiger partial charge in [-0.05, 0) is 6.42 Å². The quantitative estimate of drug-likeness (QED) is 0.653. The summed E-state index contributed by atoms with van der Waals surface area (Å²) in [7, 11) is 1.66. The molecule has 0 aromatic heterocycles. The fourth-order valence-corrected chi connectivity index (χ4v) is 2.99. The Balaban J connectivity index is 2.18. The zero-order valence-corrected chi connectivity index (χ0v) is 11.4. The van der Waals surface area contributed by atoms with E-state index in [0.717, 1.165) is 12.2 Å². The van der Waals surface area contributed by atoms with E-state index in [2.05, 4.69) is 22.9 Å². The molecule has 3 atom stereocenters. The molecule has 0 aromatic carbocycles. The molecule has 0 saturated carbocycles. The number of nitrogens with one attached hydrogen (secondary N) is 3. The number of amides is 3. The highest BCUT2D eigenvalue weighted by atomic mass is 32.2.